The van der Waals surface area contributed by atoms with Crippen LogP contribution in [0, 0.1) is 0 Å². The van der Waals surface area contributed by atoms with Crippen LogP contribution in [0.15, 0.2) is 52.2 Å². The Labute approximate surface area is 170 Å². The largest absolute Gasteiger partial charge is 0.459 e. The molecule has 2 aliphatic heterocycles. The maximum absolute atomic E-state index is 12.4. The van der Waals surface area contributed by atoms with Crippen molar-refractivity contribution in [1.29, 1.82) is 0 Å². The zero-order valence-electron chi connectivity index (χ0n) is 16.3. The number of aromatic nitrogens is 2. The Bertz CT molecular complexity index is 1080. The van der Waals surface area contributed by atoms with E-state index in [1.165, 1.54) is 0 Å². The van der Waals surface area contributed by atoms with E-state index in [4.69, 9.17) is 18.9 Å². The van der Waals surface area contributed by atoms with E-state index < -0.39 is 47.0 Å². The fraction of sp³-hybridized carbons (Fsp3) is 0.400. The molecular formula is C20H20N2O8. The number of fused-ring (bicyclic) bond motifs is 1. The first kappa shape index (κ1) is 20.2. The molecular weight excluding hydrogens is 396 g/mol. The molecule has 0 spiro atoms. The SMILES string of the molecule is CC1(C)O[C@H]2[C@@H](O1)[C@](C=O)(n1ccc(=O)[nH]c1=O)O[C@@H]2COC(=O)c1ccccc1. The molecule has 0 amide bonds. The first-order chi connectivity index (χ1) is 14.3. The predicted molar refractivity (Wildman–Crippen MR) is 101 cm³/mol. The summed E-state index contributed by atoms with van der Waals surface area (Å²) in [6.07, 6.45) is -1.12. The van der Waals surface area contributed by atoms with Gasteiger partial charge in [-0.05, 0) is 26.0 Å². The number of esters is 1. The molecule has 0 radical (unpaired) electrons. The summed E-state index contributed by atoms with van der Waals surface area (Å²) in [6, 6.07) is 9.48. The van der Waals surface area contributed by atoms with E-state index in [0.29, 0.717) is 11.8 Å². The van der Waals surface area contributed by atoms with Crippen molar-refractivity contribution in [3.05, 3.63) is 69.0 Å². The lowest BCUT2D eigenvalue weighted by atomic mass is 10.0. The summed E-state index contributed by atoms with van der Waals surface area (Å²) >= 11 is 0. The smallest absolute Gasteiger partial charge is 0.338 e. The second kappa shape index (κ2) is 7.31. The molecule has 1 aromatic heterocycles. The number of benzene rings is 1. The quantitative estimate of drug-likeness (QED) is 0.540. The third kappa shape index (κ3) is 3.38. The second-order valence-corrected chi connectivity index (χ2v) is 7.49. The molecule has 158 valence electrons. The van der Waals surface area contributed by atoms with Gasteiger partial charge in [-0.25, -0.2) is 9.59 Å². The summed E-state index contributed by atoms with van der Waals surface area (Å²) in [4.78, 5) is 50.4. The minimum atomic E-state index is -1.90. The number of aromatic amines is 1. The number of hydrogen-bond acceptors (Lipinski definition) is 8. The first-order valence-corrected chi connectivity index (χ1v) is 9.30. The van der Waals surface area contributed by atoms with Gasteiger partial charge in [0.2, 0.25) is 5.72 Å². The minimum Gasteiger partial charge on any atom is -0.459 e. The zero-order chi connectivity index (χ0) is 21.5. The fourth-order valence-electron chi connectivity index (χ4n) is 3.74. The lowest BCUT2D eigenvalue weighted by Crippen LogP contribution is -2.52. The van der Waals surface area contributed by atoms with Crippen LogP contribution in [0.25, 0.3) is 0 Å². The molecule has 1 N–H and O–H groups in total. The average Bonchev–Trinajstić information content (AvgIpc) is 3.18. The summed E-state index contributed by atoms with van der Waals surface area (Å²) in [5.41, 5.74) is -3.01. The number of H-pyrrole nitrogens is 1. The summed E-state index contributed by atoms with van der Waals surface area (Å²) in [5.74, 6) is -1.64. The Morgan fingerprint density at radius 3 is 2.57 bits per heavy atom. The van der Waals surface area contributed by atoms with Crippen molar-refractivity contribution < 1.29 is 28.5 Å². The van der Waals surface area contributed by atoms with E-state index in [1.807, 2.05) is 0 Å². The normalized spacial score (nSPS) is 29.3. The number of carbonyl (C=O) groups is 2. The van der Waals surface area contributed by atoms with Gasteiger partial charge < -0.3 is 18.9 Å². The van der Waals surface area contributed by atoms with Crippen molar-refractivity contribution in [3.63, 3.8) is 0 Å². The molecule has 10 nitrogen and oxygen atoms in total. The van der Waals surface area contributed by atoms with Crippen LogP contribution in [-0.2, 0) is 29.5 Å². The highest BCUT2D eigenvalue weighted by Crippen LogP contribution is 2.45. The molecule has 0 saturated carbocycles. The number of aldehydes is 1. The summed E-state index contributed by atoms with van der Waals surface area (Å²) in [6.45, 7) is 3.08. The summed E-state index contributed by atoms with van der Waals surface area (Å²) in [7, 11) is 0. The first-order valence-electron chi connectivity index (χ1n) is 9.30. The van der Waals surface area contributed by atoms with Crippen molar-refractivity contribution in [3.8, 4) is 0 Å². The van der Waals surface area contributed by atoms with Crippen LogP contribution in [0.2, 0.25) is 0 Å². The Kier molecular flexibility index (Phi) is 4.92. The zero-order valence-corrected chi connectivity index (χ0v) is 16.3. The Morgan fingerprint density at radius 2 is 1.90 bits per heavy atom. The van der Waals surface area contributed by atoms with Crippen LogP contribution in [0.4, 0.5) is 0 Å². The number of hydrogen-bond donors (Lipinski definition) is 1. The number of nitrogens with zero attached hydrogens (tertiary/aromatic N) is 1. The molecule has 2 fully saturated rings. The standard InChI is InChI=1S/C20H20N2O8/c1-19(2)29-15-13(10-27-17(25)12-6-4-3-5-7-12)28-20(11-23,16(15)30-19)22-9-8-14(24)21-18(22)26/h3-9,11,13,15-16H,10H2,1-2H3,(H,21,24,26)/t13-,15-,16-,20-/m1/s1. The topological polar surface area (TPSA) is 126 Å². The van der Waals surface area contributed by atoms with Gasteiger partial charge in [-0.2, -0.15) is 0 Å². The van der Waals surface area contributed by atoms with Crippen molar-refractivity contribution in [1.82, 2.24) is 9.55 Å². The number of ether oxygens (including phenoxy) is 4. The monoisotopic (exact) mass is 416 g/mol. The Morgan fingerprint density at radius 1 is 1.17 bits per heavy atom. The Hall–Kier alpha value is -3.08. The van der Waals surface area contributed by atoms with E-state index in [-0.39, 0.29) is 6.61 Å². The molecule has 2 aromatic rings. The third-order valence-electron chi connectivity index (χ3n) is 5.00. The van der Waals surface area contributed by atoms with Gasteiger partial charge in [-0.3, -0.25) is 19.1 Å². The molecule has 0 aliphatic carbocycles. The molecule has 2 saturated heterocycles. The number of nitrogens with one attached hydrogen (secondary N) is 1. The van der Waals surface area contributed by atoms with Gasteiger partial charge in [0.1, 0.15) is 24.9 Å². The maximum Gasteiger partial charge on any atom is 0.338 e. The Balaban J connectivity index is 1.65. The van der Waals surface area contributed by atoms with E-state index in [9.17, 15) is 19.2 Å². The minimum absolute atomic E-state index is 0.234. The van der Waals surface area contributed by atoms with Gasteiger partial charge >= 0.3 is 11.7 Å². The molecule has 4 atom stereocenters. The van der Waals surface area contributed by atoms with Crippen molar-refractivity contribution in [2.24, 2.45) is 0 Å². The van der Waals surface area contributed by atoms with Crippen LogP contribution < -0.4 is 11.2 Å². The van der Waals surface area contributed by atoms with Crippen LogP contribution in [0.3, 0.4) is 0 Å². The molecule has 2 aliphatic rings. The number of rotatable bonds is 5. The van der Waals surface area contributed by atoms with Gasteiger partial charge in [-0.15, -0.1) is 0 Å². The van der Waals surface area contributed by atoms with Crippen LogP contribution in [-0.4, -0.2) is 52.5 Å². The molecule has 3 heterocycles. The summed E-state index contributed by atoms with van der Waals surface area (Å²) < 4.78 is 23.9. The fourth-order valence-corrected chi connectivity index (χ4v) is 3.74. The van der Waals surface area contributed by atoms with E-state index >= 15 is 0 Å². The lowest BCUT2D eigenvalue weighted by molar-refractivity contribution is -0.226. The third-order valence-corrected chi connectivity index (χ3v) is 5.00. The van der Waals surface area contributed by atoms with Gasteiger partial charge in [0, 0.05) is 12.3 Å². The lowest BCUT2D eigenvalue weighted by Gasteiger charge is -2.31. The van der Waals surface area contributed by atoms with Gasteiger partial charge in [-0.1, -0.05) is 18.2 Å². The molecule has 30 heavy (non-hydrogen) atoms. The van der Waals surface area contributed by atoms with Crippen molar-refractivity contribution in [2.75, 3.05) is 6.61 Å². The predicted octanol–water partition coefficient (Wildman–Crippen LogP) is 0.164. The average molecular weight is 416 g/mol. The van der Waals surface area contributed by atoms with Crippen LogP contribution >= 0.6 is 0 Å². The highest BCUT2D eigenvalue weighted by atomic mass is 16.8. The van der Waals surface area contributed by atoms with Crippen LogP contribution in [0.1, 0.15) is 24.2 Å². The van der Waals surface area contributed by atoms with Gasteiger partial charge in [0.15, 0.2) is 12.1 Å². The highest BCUT2D eigenvalue weighted by Gasteiger charge is 2.64. The van der Waals surface area contributed by atoms with E-state index in [2.05, 4.69) is 4.98 Å². The number of carbonyl (C=O) groups excluding carboxylic acids is 2. The van der Waals surface area contributed by atoms with Gasteiger partial charge in [0.05, 0.1) is 5.56 Å². The molecule has 0 bridgehead atoms. The second-order valence-electron chi connectivity index (χ2n) is 7.49. The van der Waals surface area contributed by atoms with E-state index in [0.717, 1.165) is 16.8 Å². The van der Waals surface area contributed by atoms with Gasteiger partial charge in [0.25, 0.3) is 5.56 Å². The summed E-state index contributed by atoms with van der Waals surface area (Å²) in [5, 5.41) is 0. The molecule has 10 heteroatoms. The maximum atomic E-state index is 12.4. The van der Waals surface area contributed by atoms with Crippen molar-refractivity contribution in [2.45, 2.75) is 43.7 Å². The molecule has 4 rings (SSSR count). The molecule has 1 aromatic carbocycles. The molecule has 0 unspecified atom stereocenters. The van der Waals surface area contributed by atoms with Crippen molar-refractivity contribution >= 4 is 12.3 Å². The highest BCUT2D eigenvalue weighted by molar-refractivity contribution is 5.89. The van der Waals surface area contributed by atoms with Crippen LogP contribution in [0.5, 0.6) is 0 Å². The van der Waals surface area contributed by atoms with E-state index in [1.54, 1.807) is 44.2 Å².